The summed E-state index contributed by atoms with van der Waals surface area (Å²) in [5, 5.41) is 7.65. The Morgan fingerprint density at radius 2 is 2.24 bits per heavy atom. The van der Waals surface area contributed by atoms with E-state index in [1.54, 1.807) is 29.8 Å². The third-order valence-electron chi connectivity index (χ3n) is 4.60. The van der Waals surface area contributed by atoms with Crippen LogP contribution < -0.4 is 4.74 Å². The number of thiazole rings is 1. The molecule has 0 saturated carbocycles. The minimum absolute atomic E-state index is 0.539. The number of likely N-dealkylation sites (tertiary alicyclic amines) is 1. The van der Waals surface area contributed by atoms with E-state index in [0.717, 1.165) is 39.6 Å². The van der Waals surface area contributed by atoms with Gasteiger partial charge in [-0.05, 0) is 60.0 Å². The second kappa shape index (κ2) is 7.58. The van der Waals surface area contributed by atoms with Crippen LogP contribution >= 0.6 is 38.6 Å². The van der Waals surface area contributed by atoms with Crippen molar-refractivity contribution in [3.63, 3.8) is 0 Å². The summed E-state index contributed by atoms with van der Waals surface area (Å²) in [6, 6.07) is 8.84. The normalized spacial score (nSPS) is 17.9. The number of benzene rings is 1. The standard InChI is InChI=1S/C19H19BrN2OS2/c1-23-18-5-4-14(20)9-16(18)19-21-15(12-25-19)10-22-7-2-3-17(22)13-6-8-24-11-13/h4-6,8-9,11-12,17H,2-3,7,10H2,1H3. The zero-order chi connectivity index (χ0) is 17.2. The van der Waals surface area contributed by atoms with Crippen molar-refractivity contribution in [3.8, 4) is 16.3 Å². The van der Waals surface area contributed by atoms with Gasteiger partial charge < -0.3 is 4.74 Å². The molecule has 0 aliphatic carbocycles. The Morgan fingerprint density at radius 3 is 3.04 bits per heavy atom. The molecule has 4 rings (SSSR count). The SMILES string of the molecule is COc1ccc(Br)cc1-c1nc(CN2CCCC2c2ccsc2)cs1. The lowest BCUT2D eigenvalue weighted by atomic mass is 10.1. The van der Waals surface area contributed by atoms with Crippen LogP contribution in [0.4, 0.5) is 0 Å². The summed E-state index contributed by atoms with van der Waals surface area (Å²) in [5.74, 6) is 0.862. The number of rotatable bonds is 5. The molecule has 1 aliphatic rings. The highest BCUT2D eigenvalue weighted by Gasteiger charge is 2.27. The van der Waals surface area contributed by atoms with E-state index in [1.165, 1.54) is 18.4 Å². The van der Waals surface area contributed by atoms with Gasteiger partial charge in [-0.15, -0.1) is 11.3 Å². The molecule has 0 amide bonds. The van der Waals surface area contributed by atoms with Gasteiger partial charge in [0.25, 0.3) is 0 Å². The number of methoxy groups -OCH3 is 1. The molecule has 25 heavy (non-hydrogen) atoms. The van der Waals surface area contributed by atoms with E-state index in [2.05, 4.69) is 49.1 Å². The first kappa shape index (κ1) is 17.2. The average Bonchev–Trinajstić information content (AvgIpc) is 3.36. The van der Waals surface area contributed by atoms with Crippen molar-refractivity contribution in [1.29, 1.82) is 0 Å². The summed E-state index contributed by atoms with van der Waals surface area (Å²) in [6.45, 7) is 2.06. The summed E-state index contributed by atoms with van der Waals surface area (Å²) in [4.78, 5) is 7.44. The molecule has 1 atom stereocenters. The second-order valence-corrected chi connectivity index (χ2v) is 8.73. The van der Waals surface area contributed by atoms with Crippen molar-refractivity contribution in [2.75, 3.05) is 13.7 Å². The molecule has 3 nitrogen and oxygen atoms in total. The Kier molecular flexibility index (Phi) is 5.22. The van der Waals surface area contributed by atoms with Crippen LogP contribution in [-0.2, 0) is 6.54 Å². The Balaban J connectivity index is 1.55. The van der Waals surface area contributed by atoms with Gasteiger partial charge >= 0.3 is 0 Å². The zero-order valence-corrected chi connectivity index (χ0v) is 17.2. The van der Waals surface area contributed by atoms with E-state index in [0.29, 0.717) is 6.04 Å². The van der Waals surface area contributed by atoms with Crippen LogP contribution in [0.2, 0.25) is 0 Å². The van der Waals surface area contributed by atoms with Crippen molar-refractivity contribution in [2.45, 2.75) is 25.4 Å². The van der Waals surface area contributed by atoms with Crippen LogP contribution in [0.1, 0.15) is 30.1 Å². The molecule has 130 valence electrons. The molecule has 1 aromatic carbocycles. The van der Waals surface area contributed by atoms with Gasteiger partial charge in [0.05, 0.1) is 18.4 Å². The zero-order valence-electron chi connectivity index (χ0n) is 13.9. The van der Waals surface area contributed by atoms with Gasteiger partial charge in [0.1, 0.15) is 10.8 Å². The second-order valence-electron chi connectivity index (χ2n) is 6.17. The van der Waals surface area contributed by atoms with E-state index < -0.39 is 0 Å². The van der Waals surface area contributed by atoms with Gasteiger partial charge in [-0.1, -0.05) is 15.9 Å². The highest BCUT2D eigenvalue weighted by molar-refractivity contribution is 9.10. The predicted molar refractivity (Wildman–Crippen MR) is 109 cm³/mol. The van der Waals surface area contributed by atoms with E-state index in [4.69, 9.17) is 9.72 Å². The summed E-state index contributed by atoms with van der Waals surface area (Å²) in [6.07, 6.45) is 2.50. The van der Waals surface area contributed by atoms with Crippen LogP contribution in [0.15, 0.2) is 44.9 Å². The lowest BCUT2D eigenvalue weighted by molar-refractivity contribution is 0.246. The van der Waals surface area contributed by atoms with E-state index in [-0.39, 0.29) is 0 Å². The highest BCUT2D eigenvalue weighted by Crippen LogP contribution is 2.37. The summed E-state index contributed by atoms with van der Waals surface area (Å²) >= 11 is 7.01. The van der Waals surface area contributed by atoms with Crippen LogP contribution in [-0.4, -0.2) is 23.5 Å². The fourth-order valence-electron chi connectivity index (χ4n) is 3.42. The first-order valence-corrected chi connectivity index (χ1v) is 10.9. The van der Waals surface area contributed by atoms with Gasteiger partial charge in [0.2, 0.25) is 0 Å². The third-order valence-corrected chi connectivity index (χ3v) is 6.72. The fraction of sp³-hybridized carbons (Fsp3) is 0.316. The van der Waals surface area contributed by atoms with Crippen LogP contribution in [0.3, 0.4) is 0 Å². The van der Waals surface area contributed by atoms with Gasteiger partial charge in [-0.25, -0.2) is 4.98 Å². The number of nitrogens with zero attached hydrogens (tertiary/aromatic N) is 2. The van der Waals surface area contributed by atoms with Gasteiger partial charge in [0, 0.05) is 22.4 Å². The van der Waals surface area contributed by atoms with Crippen molar-refractivity contribution >= 4 is 38.6 Å². The maximum atomic E-state index is 5.50. The van der Waals surface area contributed by atoms with Crippen LogP contribution in [0.25, 0.3) is 10.6 Å². The molecular formula is C19H19BrN2OS2. The number of ether oxygens (including phenoxy) is 1. The number of hydrogen-bond donors (Lipinski definition) is 0. The average molecular weight is 435 g/mol. The van der Waals surface area contributed by atoms with Gasteiger partial charge in [-0.3, -0.25) is 4.90 Å². The number of aromatic nitrogens is 1. The molecule has 2 aromatic heterocycles. The Bertz CT molecular complexity index is 847. The van der Waals surface area contributed by atoms with E-state index in [9.17, 15) is 0 Å². The summed E-state index contributed by atoms with van der Waals surface area (Å²) in [5.41, 5.74) is 3.64. The maximum absolute atomic E-state index is 5.50. The molecule has 6 heteroatoms. The Morgan fingerprint density at radius 1 is 1.32 bits per heavy atom. The topological polar surface area (TPSA) is 25.4 Å². The smallest absolute Gasteiger partial charge is 0.129 e. The van der Waals surface area contributed by atoms with Crippen molar-refractivity contribution in [3.05, 3.63) is 56.1 Å². The molecule has 1 fully saturated rings. The lowest BCUT2D eigenvalue weighted by Crippen LogP contribution is -2.22. The summed E-state index contributed by atoms with van der Waals surface area (Å²) in [7, 11) is 1.71. The highest BCUT2D eigenvalue weighted by atomic mass is 79.9. The molecule has 1 saturated heterocycles. The molecule has 1 aliphatic heterocycles. The number of hydrogen-bond acceptors (Lipinski definition) is 5. The molecule has 1 unspecified atom stereocenters. The third kappa shape index (κ3) is 3.67. The fourth-order valence-corrected chi connectivity index (χ4v) is 5.32. The molecule has 3 aromatic rings. The molecular weight excluding hydrogens is 416 g/mol. The van der Waals surface area contributed by atoms with Crippen molar-refractivity contribution < 1.29 is 4.74 Å². The quantitative estimate of drug-likeness (QED) is 0.493. The van der Waals surface area contributed by atoms with E-state index >= 15 is 0 Å². The first-order chi connectivity index (χ1) is 12.2. The minimum Gasteiger partial charge on any atom is -0.496 e. The van der Waals surface area contributed by atoms with Crippen LogP contribution in [0.5, 0.6) is 5.75 Å². The van der Waals surface area contributed by atoms with Gasteiger partial charge in [-0.2, -0.15) is 11.3 Å². The minimum atomic E-state index is 0.539. The predicted octanol–water partition coefficient (Wildman–Crippen LogP) is 5.98. The molecule has 0 N–H and O–H groups in total. The summed E-state index contributed by atoms with van der Waals surface area (Å²) < 4.78 is 6.54. The van der Waals surface area contributed by atoms with Crippen LogP contribution in [0, 0.1) is 0 Å². The Labute approximate surface area is 164 Å². The van der Waals surface area contributed by atoms with E-state index in [1.807, 2.05) is 12.1 Å². The molecule has 3 heterocycles. The lowest BCUT2D eigenvalue weighted by Gasteiger charge is -2.22. The molecule has 0 bridgehead atoms. The van der Waals surface area contributed by atoms with Crippen molar-refractivity contribution in [1.82, 2.24) is 9.88 Å². The monoisotopic (exact) mass is 434 g/mol. The molecule has 0 spiro atoms. The number of thiophene rings is 1. The first-order valence-electron chi connectivity index (χ1n) is 8.29. The maximum Gasteiger partial charge on any atom is 0.129 e. The largest absolute Gasteiger partial charge is 0.496 e. The molecule has 0 radical (unpaired) electrons. The van der Waals surface area contributed by atoms with Crippen molar-refractivity contribution in [2.24, 2.45) is 0 Å². The Hall–Kier alpha value is -1.21. The van der Waals surface area contributed by atoms with Gasteiger partial charge in [0.15, 0.2) is 0 Å². The number of halogens is 1.